The number of nitrogens with zero attached hydrogens (tertiary/aromatic N) is 4. The lowest BCUT2D eigenvalue weighted by Crippen LogP contribution is -1.91. The molecule has 3 aromatic rings. The first-order valence-corrected chi connectivity index (χ1v) is 6.11. The van der Waals surface area contributed by atoms with E-state index >= 15 is 0 Å². The number of pyridine rings is 1. The third-order valence-electron chi connectivity index (χ3n) is 2.90. The van der Waals surface area contributed by atoms with Gasteiger partial charge in [-0.15, -0.1) is 0 Å². The van der Waals surface area contributed by atoms with Gasteiger partial charge in [0, 0.05) is 29.7 Å². The second kappa shape index (κ2) is 5.29. The van der Waals surface area contributed by atoms with E-state index in [2.05, 4.69) is 21.0 Å². The molecular weight excluding hydrogens is 248 g/mol. The smallest absolute Gasteiger partial charge is 0.159 e. The summed E-state index contributed by atoms with van der Waals surface area (Å²) < 4.78 is 0. The zero-order valence-electron chi connectivity index (χ0n) is 10.6. The monoisotopic (exact) mass is 258 g/mol. The molecule has 2 heterocycles. The molecule has 0 aliphatic rings. The Bertz CT molecular complexity index is 758. The van der Waals surface area contributed by atoms with Gasteiger partial charge in [-0.05, 0) is 30.3 Å². The second-order valence-corrected chi connectivity index (χ2v) is 4.19. The van der Waals surface area contributed by atoms with E-state index in [4.69, 9.17) is 5.26 Å². The largest absolute Gasteiger partial charge is 0.265 e. The second-order valence-electron chi connectivity index (χ2n) is 4.19. The highest BCUT2D eigenvalue weighted by Gasteiger charge is 2.04. The van der Waals surface area contributed by atoms with E-state index in [1.807, 2.05) is 30.3 Å². The van der Waals surface area contributed by atoms with Crippen LogP contribution in [0.2, 0.25) is 0 Å². The molecule has 0 N–H and O–H groups in total. The first-order chi connectivity index (χ1) is 9.86. The SMILES string of the molecule is N#Cc1ccc(-c2ccnc(-c3ccncc3)n2)cc1. The molecule has 0 saturated heterocycles. The Morgan fingerprint density at radius 1 is 0.800 bits per heavy atom. The van der Waals surface area contributed by atoms with Crippen molar-refractivity contribution in [3.05, 3.63) is 66.6 Å². The predicted octanol–water partition coefficient (Wildman–Crippen LogP) is 3.08. The highest BCUT2D eigenvalue weighted by molar-refractivity contribution is 5.63. The third kappa shape index (κ3) is 2.38. The maximum Gasteiger partial charge on any atom is 0.159 e. The summed E-state index contributed by atoms with van der Waals surface area (Å²) in [5.74, 6) is 0.661. The molecule has 4 heteroatoms. The molecular formula is C16H10N4. The van der Waals surface area contributed by atoms with Crippen molar-refractivity contribution in [3.63, 3.8) is 0 Å². The number of nitriles is 1. The van der Waals surface area contributed by atoms with Crippen LogP contribution in [-0.4, -0.2) is 15.0 Å². The fourth-order valence-electron chi connectivity index (χ4n) is 1.88. The van der Waals surface area contributed by atoms with Crippen molar-refractivity contribution in [1.82, 2.24) is 15.0 Å². The lowest BCUT2D eigenvalue weighted by atomic mass is 10.1. The molecule has 94 valence electrons. The zero-order valence-corrected chi connectivity index (χ0v) is 10.6. The van der Waals surface area contributed by atoms with Crippen molar-refractivity contribution in [2.45, 2.75) is 0 Å². The molecule has 0 fully saturated rings. The summed E-state index contributed by atoms with van der Waals surface area (Å²) in [7, 11) is 0. The molecule has 0 aliphatic carbocycles. The zero-order chi connectivity index (χ0) is 13.8. The lowest BCUT2D eigenvalue weighted by molar-refractivity contribution is 1.17. The van der Waals surface area contributed by atoms with Crippen LogP contribution in [0, 0.1) is 11.3 Å². The van der Waals surface area contributed by atoms with Gasteiger partial charge in [-0.25, -0.2) is 9.97 Å². The van der Waals surface area contributed by atoms with E-state index in [1.165, 1.54) is 0 Å². The van der Waals surface area contributed by atoms with Crippen molar-refractivity contribution in [3.8, 4) is 28.7 Å². The Balaban J connectivity index is 2.01. The molecule has 0 atom stereocenters. The van der Waals surface area contributed by atoms with E-state index in [9.17, 15) is 0 Å². The third-order valence-corrected chi connectivity index (χ3v) is 2.90. The summed E-state index contributed by atoms with van der Waals surface area (Å²) in [6.07, 6.45) is 5.16. The molecule has 0 radical (unpaired) electrons. The Labute approximate surface area is 116 Å². The van der Waals surface area contributed by atoms with Crippen molar-refractivity contribution in [2.75, 3.05) is 0 Å². The summed E-state index contributed by atoms with van der Waals surface area (Å²) in [6, 6.07) is 15.0. The summed E-state index contributed by atoms with van der Waals surface area (Å²) in [4.78, 5) is 12.8. The molecule has 0 amide bonds. The van der Waals surface area contributed by atoms with Crippen LogP contribution < -0.4 is 0 Å². The molecule has 0 bridgehead atoms. The van der Waals surface area contributed by atoms with Crippen LogP contribution in [0.5, 0.6) is 0 Å². The van der Waals surface area contributed by atoms with E-state index in [0.717, 1.165) is 16.8 Å². The van der Waals surface area contributed by atoms with Gasteiger partial charge in [0.2, 0.25) is 0 Å². The fourth-order valence-corrected chi connectivity index (χ4v) is 1.88. The topological polar surface area (TPSA) is 62.5 Å². The van der Waals surface area contributed by atoms with Crippen LogP contribution in [0.3, 0.4) is 0 Å². The molecule has 0 unspecified atom stereocenters. The minimum atomic E-state index is 0.636. The number of hydrogen-bond acceptors (Lipinski definition) is 4. The van der Waals surface area contributed by atoms with Crippen LogP contribution in [0.4, 0.5) is 0 Å². The predicted molar refractivity (Wildman–Crippen MR) is 75.4 cm³/mol. The summed E-state index contributed by atoms with van der Waals surface area (Å²) in [5.41, 5.74) is 3.35. The average Bonchev–Trinajstić information content (AvgIpc) is 2.56. The van der Waals surface area contributed by atoms with Crippen molar-refractivity contribution in [2.24, 2.45) is 0 Å². The maximum absolute atomic E-state index is 8.81. The van der Waals surface area contributed by atoms with E-state index in [0.29, 0.717) is 11.4 Å². The van der Waals surface area contributed by atoms with E-state index in [1.54, 1.807) is 30.7 Å². The standard InChI is InChI=1S/C16H10N4/c17-11-12-1-3-13(4-2-12)15-7-10-19-16(20-15)14-5-8-18-9-6-14/h1-10H. The van der Waals surface area contributed by atoms with Crippen LogP contribution in [0.1, 0.15) is 5.56 Å². The molecule has 0 saturated carbocycles. The number of benzene rings is 1. The number of rotatable bonds is 2. The van der Waals surface area contributed by atoms with Crippen LogP contribution in [0.25, 0.3) is 22.6 Å². The highest BCUT2D eigenvalue weighted by Crippen LogP contribution is 2.20. The minimum Gasteiger partial charge on any atom is -0.265 e. The summed E-state index contributed by atoms with van der Waals surface area (Å²) >= 11 is 0. The molecule has 4 nitrogen and oxygen atoms in total. The molecule has 0 spiro atoms. The fraction of sp³-hybridized carbons (Fsp3) is 0. The van der Waals surface area contributed by atoms with Gasteiger partial charge in [-0.1, -0.05) is 12.1 Å². The van der Waals surface area contributed by atoms with Gasteiger partial charge in [-0.3, -0.25) is 4.98 Å². The Kier molecular flexibility index (Phi) is 3.17. The molecule has 0 aliphatic heterocycles. The van der Waals surface area contributed by atoms with Gasteiger partial charge in [-0.2, -0.15) is 5.26 Å². The van der Waals surface area contributed by atoms with Crippen molar-refractivity contribution in [1.29, 1.82) is 5.26 Å². The first-order valence-electron chi connectivity index (χ1n) is 6.11. The Morgan fingerprint density at radius 3 is 2.25 bits per heavy atom. The van der Waals surface area contributed by atoms with Gasteiger partial charge in [0.15, 0.2) is 5.82 Å². The Morgan fingerprint density at radius 2 is 1.55 bits per heavy atom. The quantitative estimate of drug-likeness (QED) is 0.708. The first kappa shape index (κ1) is 12.0. The summed E-state index contributed by atoms with van der Waals surface area (Å²) in [6.45, 7) is 0. The van der Waals surface area contributed by atoms with E-state index < -0.39 is 0 Å². The lowest BCUT2D eigenvalue weighted by Gasteiger charge is -2.04. The normalized spacial score (nSPS) is 9.95. The van der Waals surface area contributed by atoms with E-state index in [-0.39, 0.29) is 0 Å². The summed E-state index contributed by atoms with van der Waals surface area (Å²) in [5, 5.41) is 8.81. The van der Waals surface area contributed by atoms with Crippen molar-refractivity contribution < 1.29 is 0 Å². The maximum atomic E-state index is 8.81. The van der Waals surface area contributed by atoms with Crippen LogP contribution in [-0.2, 0) is 0 Å². The highest BCUT2D eigenvalue weighted by atomic mass is 14.9. The molecule has 20 heavy (non-hydrogen) atoms. The number of hydrogen-bond donors (Lipinski definition) is 0. The minimum absolute atomic E-state index is 0.636. The number of aromatic nitrogens is 3. The van der Waals surface area contributed by atoms with Crippen LogP contribution >= 0.6 is 0 Å². The Hall–Kier alpha value is -3.06. The van der Waals surface area contributed by atoms with Gasteiger partial charge in [0.05, 0.1) is 17.3 Å². The van der Waals surface area contributed by atoms with Crippen molar-refractivity contribution >= 4 is 0 Å². The molecule has 3 rings (SSSR count). The molecule has 1 aromatic carbocycles. The average molecular weight is 258 g/mol. The molecule has 2 aromatic heterocycles. The van der Waals surface area contributed by atoms with Gasteiger partial charge in [0.25, 0.3) is 0 Å². The van der Waals surface area contributed by atoms with Gasteiger partial charge >= 0.3 is 0 Å². The van der Waals surface area contributed by atoms with Gasteiger partial charge in [0.1, 0.15) is 0 Å². The van der Waals surface area contributed by atoms with Gasteiger partial charge < -0.3 is 0 Å². The van der Waals surface area contributed by atoms with Crippen LogP contribution in [0.15, 0.2) is 61.1 Å².